The molecule has 1 aromatic heterocycles. The molecule has 0 amide bonds. The lowest BCUT2D eigenvalue weighted by molar-refractivity contribution is -0.160. The van der Waals surface area contributed by atoms with E-state index in [1.165, 1.54) is 0 Å². The lowest BCUT2D eigenvalue weighted by atomic mass is 9.85. The second-order valence-electron chi connectivity index (χ2n) is 9.66. The topological polar surface area (TPSA) is 88.9 Å². The number of ether oxygens (including phenoxy) is 2. The molecule has 1 atom stereocenters. The number of rotatable bonds is 4. The first-order chi connectivity index (χ1) is 16.2. The van der Waals surface area contributed by atoms with Gasteiger partial charge in [-0.05, 0) is 68.0 Å². The van der Waals surface area contributed by atoms with Gasteiger partial charge in [0.2, 0.25) is 0 Å². The van der Waals surface area contributed by atoms with Crippen LogP contribution in [0.3, 0.4) is 0 Å². The monoisotopic (exact) mass is 457 g/mol. The minimum Gasteiger partial charge on any atom is -0.507 e. The van der Waals surface area contributed by atoms with Crippen molar-refractivity contribution in [2.75, 3.05) is 6.61 Å². The molecule has 0 bridgehead atoms. The molecular formula is C28H27NO5. The second kappa shape index (κ2) is 7.99. The van der Waals surface area contributed by atoms with Crippen LogP contribution in [-0.2, 0) is 16.0 Å². The summed E-state index contributed by atoms with van der Waals surface area (Å²) in [5.74, 6) is -0.291. The highest BCUT2D eigenvalue weighted by atomic mass is 16.5. The normalized spacial score (nSPS) is 14.2. The molecule has 0 spiro atoms. The number of benzene rings is 3. The predicted molar refractivity (Wildman–Crippen MR) is 132 cm³/mol. The van der Waals surface area contributed by atoms with Crippen LogP contribution in [0.25, 0.3) is 32.8 Å². The van der Waals surface area contributed by atoms with Gasteiger partial charge in [-0.3, -0.25) is 4.98 Å². The van der Waals surface area contributed by atoms with E-state index in [9.17, 15) is 15.0 Å². The highest BCUT2D eigenvalue weighted by molar-refractivity contribution is 6.10. The van der Waals surface area contributed by atoms with Crippen LogP contribution in [0, 0.1) is 6.92 Å². The summed E-state index contributed by atoms with van der Waals surface area (Å²) in [5.41, 5.74) is 3.55. The summed E-state index contributed by atoms with van der Waals surface area (Å²) in [6.45, 7) is 7.81. The van der Waals surface area contributed by atoms with Gasteiger partial charge in [0.05, 0.1) is 17.7 Å². The van der Waals surface area contributed by atoms with Gasteiger partial charge in [0, 0.05) is 34.5 Å². The molecule has 3 aromatic carbocycles. The maximum absolute atomic E-state index is 12.5. The first kappa shape index (κ1) is 22.2. The maximum Gasteiger partial charge on any atom is 0.337 e. The molecule has 6 nitrogen and oxygen atoms in total. The number of phenolic OH excluding ortho intramolecular Hbond substituents is 1. The SMILES string of the molecule is Cc1c(C(OC(C)(C)C)C(=O)O)c(-c2ccc3c4c(ccnc24)CCO3)c2ccccc2c1O. The summed E-state index contributed by atoms with van der Waals surface area (Å²) < 4.78 is 12.0. The van der Waals surface area contributed by atoms with Gasteiger partial charge < -0.3 is 19.7 Å². The molecule has 1 aliphatic heterocycles. The first-order valence-corrected chi connectivity index (χ1v) is 11.4. The lowest BCUT2D eigenvalue weighted by Gasteiger charge is -2.29. The molecule has 0 saturated carbocycles. The number of phenols is 1. The van der Waals surface area contributed by atoms with Crippen molar-refractivity contribution in [2.45, 2.75) is 45.8 Å². The van der Waals surface area contributed by atoms with Crippen LogP contribution in [0.4, 0.5) is 0 Å². The first-order valence-electron chi connectivity index (χ1n) is 11.4. The van der Waals surface area contributed by atoms with Crippen molar-refractivity contribution in [3.8, 4) is 22.6 Å². The molecule has 0 saturated heterocycles. The van der Waals surface area contributed by atoms with Crippen molar-refractivity contribution in [3.63, 3.8) is 0 Å². The number of fused-ring (bicyclic) bond motifs is 1. The molecule has 174 valence electrons. The average molecular weight is 458 g/mol. The van der Waals surface area contributed by atoms with Crippen LogP contribution in [0.15, 0.2) is 48.7 Å². The van der Waals surface area contributed by atoms with Gasteiger partial charge in [0.15, 0.2) is 6.10 Å². The summed E-state index contributed by atoms with van der Waals surface area (Å²) in [7, 11) is 0. The van der Waals surface area contributed by atoms with E-state index in [0.717, 1.165) is 39.6 Å². The number of aromatic hydroxyl groups is 1. The van der Waals surface area contributed by atoms with E-state index in [0.29, 0.717) is 28.7 Å². The zero-order valence-corrected chi connectivity index (χ0v) is 19.7. The van der Waals surface area contributed by atoms with Gasteiger partial charge in [0.1, 0.15) is 11.5 Å². The molecule has 5 rings (SSSR count). The molecule has 4 aromatic rings. The molecule has 2 N–H and O–H groups in total. The standard InChI is InChI=1S/C28H27NO5/c1-15-21(26(27(31)32)34-28(2,3)4)23(17-7-5-6-8-18(17)25(15)30)19-9-10-20-22-16(12-14-33-20)11-13-29-24(19)22/h5-11,13,26,30H,12,14H2,1-4H3,(H,31,32). The molecular weight excluding hydrogens is 430 g/mol. The summed E-state index contributed by atoms with van der Waals surface area (Å²) in [5, 5.41) is 23.7. The van der Waals surface area contributed by atoms with Crippen molar-refractivity contribution < 1.29 is 24.5 Å². The van der Waals surface area contributed by atoms with Crippen molar-refractivity contribution in [1.82, 2.24) is 4.98 Å². The molecule has 1 unspecified atom stereocenters. The number of hydrogen-bond acceptors (Lipinski definition) is 5. The number of carboxylic acid groups (broad SMARTS) is 1. The maximum atomic E-state index is 12.5. The third-order valence-electron chi connectivity index (χ3n) is 6.28. The van der Waals surface area contributed by atoms with Gasteiger partial charge in [-0.25, -0.2) is 4.79 Å². The van der Waals surface area contributed by atoms with Crippen LogP contribution in [0.1, 0.15) is 43.6 Å². The van der Waals surface area contributed by atoms with Gasteiger partial charge in [-0.15, -0.1) is 0 Å². The van der Waals surface area contributed by atoms with Gasteiger partial charge in [-0.2, -0.15) is 0 Å². The van der Waals surface area contributed by atoms with Crippen molar-refractivity contribution in [3.05, 3.63) is 65.4 Å². The Hall–Kier alpha value is -3.64. The minimum atomic E-state index is -1.28. The second-order valence-corrected chi connectivity index (χ2v) is 9.66. The van der Waals surface area contributed by atoms with Crippen LogP contribution in [-0.4, -0.2) is 33.4 Å². The van der Waals surface area contributed by atoms with Crippen LogP contribution in [0.2, 0.25) is 0 Å². The number of aromatic nitrogens is 1. The number of carbonyl (C=O) groups is 1. The highest BCUT2D eigenvalue weighted by Gasteiger charge is 2.34. The minimum absolute atomic E-state index is 0.0529. The van der Waals surface area contributed by atoms with Gasteiger partial charge in [0.25, 0.3) is 0 Å². The number of aliphatic carboxylic acids is 1. The van der Waals surface area contributed by atoms with Gasteiger partial charge >= 0.3 is 5.97 Å². The van der Waals surface area contributed by atoms with E-state index in [-0.39, 0.29) is 5.75 Å². The van der Waals surface area contributed by atoms with E-state index in [1.807, 2.05) is 63.2 Å². The largest absolute Gasteiger partial charge is 0.507 e. The Morgan fingerprint density at radius 3 is 2.56 bits per heavy atom. The molecule has 0 fully saturated rings. The number of pyridine rings is 1. The molecule has 0 radical (unpaired) electrons. The Balaban J connectivity index is 1.94. The fraction of sp³-hybridized carbons (Fsp3) is 0.286. The predicted octanol–water partition coefficient (Wildman–Crippen LogP) is 5.94. The molecule has 2 heterocycles. The summed E-state index contributed by atoms with van der Waals surface area (Å²) >= 11 is 0. The van der Waals surface area contributed by atoms with E-state index in [4.69, 9.17) is 14.5 Å². The van der Waals surface area contributed by atoms with E-state index in [2.05, 4.69) is 0 Å². The van der Waals surface area contributed by atoms with Crippen LogP contribution < -0.4 is 4.74 Å². The quantitative estimate of drug-likeness (QED) is 0.394. The summed E-state index contributed by atoms with van der Waals surface area (Å²) in [4.78, 5) is 17.3. The number of hydrogen-bond donors (Lipinski definition) is 2. The fourth-order valence-electron chi connectivity index (χ4n) is 4.88. The zero-order chi connectivity index (χ0) is 24.2. The van der Waals surface area contributed by atoms with Crippen molar-refractivity contribution in [2.24, 2.45) is 0 Å². The molecule has 6 heteroatoms. The highest BCUT2D eigenvalue weighted by Crippen LogP contribution is 2.47. The third-order valence-corrected chi connectivity index (χ3v) is 6.28. The van der Waals surface area contributed by atoms with Crippen molar-refractivity contribution >= 4 is 27.6 Å². The lowest BCUT2D eigenvalue weighted by Crippen LogP contribution is -2.28. The van der Waals surface area contributed by atoms with E-state index in [1.54, 1.807) is 13.1 Å². The van der Waals surface area contributed by atoms with E-state index < -0.39 is 17.7 Å². The van der Waals surface area contributed by atoms with Gasteiger partial charge in [-0.1, -0.05) is 24.3 Å². The summed E-state index contributed by atoms with van der Waals surface area (Å²) in [6.07, 6.45) is 1.28. The Bertz CT molecular complexity index is 1440. The molecule has 0 aliphatic carbocycles. The van der Waals surface area contributed by atoms with Crippen LogP contribution in [0.5, 0.6) is 11.5 Å². The number of carboxylic acids is 1. The summed E-state index contributed by atoms with van der Waals surface area (Å²) in [6, 6.07) is 13.3. The van der Waals surface area contributed by atoms with Crippen LogP contribution >= 0.6 is 0 Å². The van der Waals surface area contributed by atoms with Crippen molar-refractivity contribution in [1.29, 1.82) is 0 Å². The third kappa shape index (κ3) is 3.55. The number of nitrogens with zero attached hydrogens (tertiary/aromatic N) is 1. The van der Waals surface area contributed by atoms with E-state index >= 15 is 0 Å². The fourth-order valence-corrected chi connectivity index (χ4v) is 4.88. The Kier molecular flexibility index (Phi) is 5.21. The Morgan fingerprint density at radius 2 is 1.85 bits per heavy atom. The smallest absolute Gasteiger partial charge is 0.337 e. The Labute approximate surface area is 197 Å². The average Bonchev–Trinajstić information content (AvgIpc) is 2.80. The molecule has 1 aliphatic rings. The zero-order valence-electron chi connectivity index (χ0n) is 19.7. The Morgan fingerprint density at radius 1 is 1.12 bits per heavy atom. The molecule has 34 heavy (non-hydrogen) atoms.